The Morgan fingerprint density at radius 1 is 1.05 bits per heavy atom. The summed E-state index contributed by atoms with van der Waals surface area (Å²) in [6, 6.07) is 11.1. The van der Waals surface area contributed by atoms with Crippen LogP contribution in [-0.2, 0) is 0 Å². The lowest BCUT2D eigenvalue weighted by Gasteiger charge is -2.06. The summed E-state index contributed by atoms with van der Waals surface area (Å²) < 4.78 is 0. The monoisotopic (exact) mass is 263 g/mol. The van der Waals surface area contributed by atoms with Gasteiger partial charge in [-0.3, -0.25) is 9.78 Å². The number of fused-ring (bicyclic) bond motifs is 1. The second-order valence-corrected chi connectivity index (χ2v) is 4.61. The van der Waals surface area contributed by atoms with Gasteiger partial charge in [-0.1, -0.05) is 6.07 Å². The molecule has 1 N–H and O–H groups in total. The van der Waals surface area contributed by atoms with Gasteiger partial charge in [0.1, 0.15) is 5.82 Å². The van der Waals surface area contributed by atoms with Crippen molar-refractivity contribution in [2.75, 3.05) is 5.32 Å². The molecule has 1 aromatic carbocycles. The number of nitrogens with zero attached hydrogens (tertiary/aromatic N) is 2. The molecule has 0 saturated heterocycles. The number of aryl methyl sites for hydroxylation is 1. The molecule has 0 aliphatic heterocycles. The van der Waals surface area contributed by atoms with Crippen molar-refractivity contribution in [3.63, 3.8) is 0 Å². The van der Waals surface area contributed by atoms with Gasteiger partial charge in [0.25, 0.3) is 5.91 Å². The fraction of sp³-hybridized carbons (Fsp3) is 0.0625. The fourth-order valence-corrected chi connectivity index (χ4v) is 2.02. The lowest BCUT2D eigenvalue weighted by molar-refractivity contribution is 0.102. The molecule has 0 bridgehead atoms. The van der Waals surface area contributed by atoms with Crippen molar-refractivity contribution in [2.24, 2.45) is 0 Å². The number of nitrogens with one attached hydrogen (secondary N) is 1. The molecule has 4 nitrogen and oxygen atoms in total. The van der Waals surface area contributed by atoms with Crippen LogP contribution in [0, 0.1) is 6.92 Å². The molecule has 2 heterocycles. The molecule has 0 aliphatic rings. The maximum atomic E-state index is 12.2. The van der Waals surface area contributed by atoms with Crippen LogP contribution in [0.25, 0.3) is 10.8 Å². The van der Waals surface area contributed by atoms with Gasteiger partial charge in [-0.25, -0.2) is 4.98 Å². The van der Waals surface area contributed by atoms with Crippen molar-refractivity contribution in [3.8, 4) is 0 Å². The molecule has 20 heavy (non-hydrogen) atoms. The summed E-state index contributed by atoms with van der Waals surface area (Å²) in [5, 5.41) is 4.80. The summed E-state index contributed by atoms with van der Waals surface area (Å²) in [7, 11) is 0. The number of benzene rings is 1. The van der Waals surface area contributed by atoms with E-state index in [1.54, 1.807) is 24.7 Å². The Balaban J connectivity index is 1.88. The molecule has 2 aromatic heterocycles. The first kappa shape index (κ1) is 12.3. The second kappa shape index (κ2) is 5.09. The van der Waals surface area contributed by atoms with Gasteiger partial charge in [0.2, 0.25) is 0 Å². The van der Waals surface area contributed by atoms with Gasteiger partial charge >= 0.3 is 0 Å². The van der Waals surface area contributed by atoms with Gasteiger partial charge in [-0.2, -0.15) is 0 Å². The molecule has 4 heteroatoms. The Morgan fingerprint density at radius 3 is 2.80 bits per heavy atom. The molecule has 0 unspecified atom stereocenters. The highest BCUT2D eigenvalue weighted by Crippen LogP contribution is 2.15. The topological polar surface area (TPSA) is 54.9 Å². The van der Waals surface area contributed by atoms with Crippen LogP contribution in [-0.4, -0.2) is 15.9 Å². The first-order valence-corrected chi connectivity index (χ1v) is 6.30. The van der Waals surface area contributed by atoms with Crippen LogP contribution in [0.1, 0.15) is 15.9 Å². The van der Waals surface area contributed by atoms with E-state index in [0.29, 0.717) is 11.4 Å². The SMILES string of the molecule is Cc1ccnc(NC(=O)c2ccc3cnccc3c2)c1. The number of amides is 1. The standard InChI is InChI=1S/C16H13N3O/c1-11-4-7-18-15(8-11)19-16(20)13-2-3-14-10-17-6-5-12(14)9-13/h2-10H,1H3,(H,18,19,20). The summed E-state index contributed by atoms with van der Waals surface area (Å²) in [4.78, 5) is 20.4. The molecule has 0 radical (unpaired) electrons. The average molecular weight is 263 g/mol. The van der Waals surface area contributed by atoms with Gasteiger partial charge in [0, 0.05) is 29.5 Å². The molecular weight excluding hydrogens is 250 g/mol. The van der Waals surface area contributed by atoms with E-state index in [4.69, 9.17) is 0 Å². The number of hydrogen-bond acceptors (Lipinski definition) is 3. The van der Waals surface area contributed by atoms with Crippen molar-refractivity contribution >= 4 is 22.5 Å². The van der Waals surface area contributed by atoms with Crippen molar-refractivity contribution < 1.29 is 4.79 Å². The molecule has 0 fully saturated rings. The van der Waals surface area contributed by atoms with Gasteiger partial charge < -0.3 is 5.32 Å². The number of aromatic nitrogens is 2. The molecule has 3 rings (SSSR count). The minimum absolute atomic E-state index is 0.165. The van der Waals surface area contributed by atoms with Crippen molar-refractivity contribution in [3.05, 3.63) is 66.1 Å². The highest BCUT2D eigenvalue weighted by atomic mass is 16.1. The third-order valence-electron chi connectivity index (χ3n) is 3.06. The zero-order valence-corrected chi connectivity index (χ0v) is 11.0. The van der Waals surface area contributed by atoms with Crippen molar-refractivity contribution in [1.29, 1.82) is 0 Å². The van der Waals surface area contributed by atoms with E-state index < -0.39 is 0 Å². The third kappa shape index (κ3) is 2.49. The van der Waals surface area contributed by atoms with E-state index in [9.17, 15) is 4.79 Å². The number of pyridine rings is 2. The predicted octanol–water partition coefficient (Wildman–Crippen LogP) is 3.19. The number of rotatable bonds is 2. The quantitative estimate of drug-likeness (QED) is 0.772. The zero-order valence-electron chi connectivity index (χ0n) is 11.0. The molecular formula is C16H13N3O. The highest BCUT2D eigenvalue weighted by molar-refractivity contribution is 6.05. The number of anilines is 1. The molecule has 0 aliphatic carbocycles. The summed E-state index contributed by atoms with van der Waals surface area (Å²) in [6.07, 6.45) is 5.17. The average Bonchev–Trinajstić information content (AvgIpc) is 2.47. The van der Waals surface area contributed by atoms with E-state index >= 15 is 0 Å². The molecule has 1 amide bonds. The van der Waals surface area contributed by atoms with Crippen LogP contribution in [0.5, 0.6) is 0 Å². The number of carbonyl (C=O) groups is 1. The summed E-state index contributed by atoms with van der Waals surface area (Å²) in [5.41, 5.74) is 1.66. The summed E-state index contributed by atoms with van der Waals surface area (Å²) in [5.74, 6) is 0.395. The van der Waals surface area contributed by atoms with Gasteiger partial charge in [0.15, 0.2) is 0 Å². The third-order valence-corrected chi connectivity index (χ3v) is 3.06. The van der Waals surface area contributed by atoms with Crippen LogP contribution in [0.2, 0.25) is 0 Å². The summed E-state index contributed by atoms with van der Waals surface area (Å²) in [6.45, 7) is 1.96. The molecule has 3 aromatic rings. The number of carbonyl (C=O) groups excluding carboxylic acids is 1. The van der Waals surface area contributed by atoms with E-state index in [1.165, 1.54) is 0 Å². The Morgan fingerprint density at radius 2 is 1.95 bits per heavy atom. The van der Waals surface area contributed by atoms with E-state index in [2.05, 4.69) is 15.3 Å². The van der Waals surface area contributed by atoms with Gasteiger partial charge in [-0.15, -0.1) is 0 Å². The smallest absolute Gasteiger partial charge is 0.256 e. The molecule has 0 atom stereocenters. The molecule has 0 spiro atoms. The Kier molecular flexibility index (Phi) is 3.13. The highest BCUT2D eigenvalue weighted by Gasteiger charge is 2.07. The zero-order chi connectivity index (χ0) is 13.9. The molecule has 98 valence electrons. The van der Waals surface area contributed by atoms with Gasteiger partial charge in [0.05, 0.1) is 0 Å². The second-order valence-electron chi connectivity index (χ2n) is 4.61. The normalized spacial score (nSPS) is 10.4. The van der Waals surface area contributed by atoms with E-state index in [0.717, 1.165) is 16.3 Å². The van der Waals surface area contributed by atoms with Crippen LogP contribution in [0.4, 0.5) is 5.82 Å². The van der Waals surface area contributed by atoms with E-state index in [-0.39, 0.29) is 5.91 Å². The lowest BCUT2D eigenvalue weighted by Crippen LogP contribution is -2.12. The fourth-order valence-electron chi connectivity index (χ4n) is 2.02. The maximum absolute atomic E-state index is 12.2. The lowest BCUT2D eigenvalue weighted by atomic mass is 10.1. The summed E-state index contributed by atoms with van der Waals surface area (Å²) >= 11 is 0. The Bertz CT molecular complexity index is 783. The van der Waals surface area contributed by atoms with Crippen LogP contribution >= 0.6 is 0 Å². The van der Waals surface area contributed by atoms with Crippen LogP contribution < -0.4 is 5.32 Å². The predicted molar refractivity (Wildman–Crippen MR) is 78.7 cm³/mol. The minimum Gasteiger partial charge on any atom is -0.307 e. The van der Waals surface area contributed by atoms with Crippen LogP contribution in [0.3, 0.4) is 0 Å². The first-order chi connectivity index (χ1) is 9.72. The first-order valence-electron chi connectivity index (χ1n) is 6.30. The van der Waals surface area contributed by atoms with Crippen molar-refractivity contribution in [2.45, 2.75) is 6.92 Å². The Hall–Kier alpha value is -2.75. The maximum Gasteiger partial charge on any atom is 0.256 e. The van der Waals surface area contributed by atoms with Crippen molar-refractivity contribution in [1.82, 2.24) is 9.97 Å². The number of hydrogen-bond donors (Lipinski definition) is 1. The minimum atomic E-state index is -0.165. The largest absolute Gasteiger partial charge is 0.307 e. The molecule has 0 saturated carbocycles. The van der Waals surface area contributed by atoms with Crippen LogP contribution in [0.15, 0.2) is 55.0 Å². The van der Waals surface area contributed by atoms with E-state index in [1.807, 2.05) is 37.3 Å². The Labute approximate surface area is 116 Å². The van der Waals surface area contributed by atoms with Gasteiger partial charge in [-0.05, 0) is 48.2 Å².